The third kappa shape index (κ3) is 8.77. The monoisotopic (exact) mass is 501 g/mol. The van der Waals surface area contributed by atoms with Gasteiger partial charge in [0.15, 0.2) is 5.96 Å². The summed E-state index contributed by atoms with van der Waals surface area (Å²) in [6.45, 7) is 6.35. The van der Waals surface area contributed by atoms with E-state index in [2.05, 4.69) is 51.7 Å². The Morgan fingerprint density at radius 2 is 2.00 bits per heavy atom. The van der Waals surface area contributed by atoms with Crippen LogP contribution in [0.15, 0.2) is 35.3 Å². The number of aliphatic imine (C=N–C) groups is 1. The molecule has 1 aliphatic heterocycles. The number of carbonyl (C=O) groups is 1. The van der Waals surface area contributed by atoms with Crippen molar-refractivity contribution in [3.8, 4) is 0 Å². The highest BCUT2D eigenvalue weighted by Gasteiger charge is 2.22. The topological polar surface area (TPSA) is 60.0 Å². The lowest BCUT2D eigenvalue weighted by atomic mass is 10.1. The van der Waals surface area contributed by atoms with Crippen LogP contribution in [0.25, 0.3) is 0 Å². The second kappa shape index (κ2) is 13.8. The molecule has 1 heterocycles. The highest BCUT2D eigenvalue weighted by molar-refractivity contribution is 14.0. The maximum atomic E-state index is 11.9. The fourth-order valence-corrected chi connectivity index (χ4v) is 3.36. The maximum absolute atomic E-state index is 11.9. The van der Waals surface area contributed by atoms with E-state index in [1.165, 1.54) is 24.9 Å². The summed E-state index contributed by atoms with van der Waals surface area (Å²) in [6.07, 6.45) is 4.54. The molecule has 1 atom stereocenters. The summed E-state index contributed by atoms with van der Waals surface area (Å²) in [5.41, 5.74) is 1.35. The van der Waals surface area contributed by atoms with Crippen LogP contribution in [0.2, 0.25) is 0 Å². The first-order chi connectivity index (χ1) is 13.1. The van der Waals surface area contributed by atoms with Crippen molar-refractivity contribution in [3.05, 3.63) is 35.9 Å². The number of hydrogen-bond donors (Lipinski definition) is 2. The van der Waals surface area contributed by atoms with Gasteiger partial charge < -0.3 is 15.5 Å². The number of likely N-dealkylation sites (N-methyl/N-ethyl adjacent to an activating group) is 2. The van der Waals surface area contributed by atoms with E-state index in [-0.39, 0.29) is 36.4 Å². The molecule has 158 valence electrons. The number of halogens is 1. The molecule has 2 N–H and O–H groups in total. The molecule has 1 aromatic rings. The Labute approximate surface area is 187 Å². The van der Waals surface area contributed by atoms with Crippen molar-refractivity contribution in [1.82, 2.24) is 20.4 Å². The van der Waals surface area contributed by atoms with Gasteiger partial charge in [-0.25, -0.2) is 4.99 Å². The van der Waals surface area contributed by atoms with Crippen LogP contribution in [-0.4, -0.2) is 74.5 Å². The zero-order valence-corrected chi connectivity index (χ0v) is 19.8. The number of hydrogen-bond acceptors (Lipinski definition) is 3. The van der Waals surface area contributed by atoms with Gasteiger partial charge in [0.05, 0.1) is 0 Å². The van der Waals surface area contributed by atoms with Crippen LogP contribution in [0.5, 0.6) is 0 Å². The summed E-state index contributed by atoms with van der Waals surface area (Å²) in [5.74, 6) is 0.748. The van der Waals surface area contributed by atoms with E-state index >= 15 is 0 Å². The quantitative estimate of drug-likeness (QED) is 0.236. The van der Waals surface area contributed by atoms with E-state index in [0.717, 1.165) is 38.4 Å². The Morgan fingerprint density at radius 1 is 1.25 bits per heavy atom. The van der Waals surface area contributed by atoms with Crippen LogP contribution in [0.4, 0.5) is 0 Å². The van der Waals surface area contributed by atoms with E-state index in [1.54, 1.807) is 19.0 Å². The van der Waals surface area contributed by atoms with Crippen molar-refractivity contribution in [1.29, 1.82) is 0 Å². The molecule has 1 saturated heterocycles. The van der Waals surface area contributed by atoms with E-state index in [4.69, 9.17) is 0 Å². The van der Waals surface area contributed by atoms with Gasteiger partial charge >= 0.3 is 0 Å². The summed E-state index contributed by atoms with van der Waals surface area (Å²) in [5, 5.41) is 6.84. The smallest absolute Gasteiger partial charge is 0.243 e. The number of likely N-dealkylation sites (tertiary alicyclic amines) is 1. The molecule has 0 bridgehead atoms. The van der Waals surface area contributed by atoms with Gasteiger partial charge in [0.25, 0.3) is 0 Å². The summed E-state index contributed by atoms with van der Waals surface area (Å²) < 4.78 is 0. The molecule has 1 aromatic carbocycles. The third-order valence-corrected chi connectivity index (χ3v) is 5.06. The number of guanidine groups is 1. The van der Waals surface area contributed by atoms with Crippen LogP contribution in [0.3, 0.4) is 0 Å². The van der Waals surface area contributed by atoms with Crippen molar-refractivity contribution >= 4 is 35.8 Å². The van der Waals surface area contributed by atoms with Gasteiger partial charge in [-0.15, -0.1) is 24.0 Å². The molecule has 1 fully saturated rings. The van der Waals surface area contributed by atoms with Gasteiger partial charge in [0, 0.05) is 33.2 Å². The van der Waals surface area contributed by atoms with Gasteiger partial charge in [0.2, 0.25) is 5.91 Å². The first-order valence-corrected chi connectivity index (χ1v) is 10.1. The minimum Gasteiger partial charge on any atom is -0.356 e. The first-order valence-electron chi connectivity index (χ1n) is 10.1. The van der Waals surface area contributed by atoms with Crippen molar-refractivity contribution in [2.45, 2.75) is 38.6 Å². The van der Waals surface area contributed by atoms with Crippen molar-refractivity contribution < 1.29 is 4.79 Å². The van der Waals surface area contributed by atoms with Crippen molar-refractivity contribution in [3.63, 3.8) is 0 Å². The Kier molecular flexibility index (Phi) is 12.1. The summed E-state index contributed by atoms with van der Waals surface area (Å²) in [6, 6.07) is 11.1. The molecular weight excluding hydrogens is 465 g/mol. The third-order valence-electron chi connectivity index (χ3n) is 5.06. The molecule has 1 amide bonds. The normalized spacial score (nSPS) is 17.1. The second-order valence-electron chi connectivity index (χ2n) is 7.27. The van der Waals surface area contributed by atoms with Crippen LogP contribution in [-0.2, 0) is 11.2 Å². The van der Waals surface area contributed by atoms with Gasteiger partial charge in [-0.2, -0.15) is 0 Å². The number of aryl methyl sites for hydroxylation is 1. The lowest BCUT2D eigenvalue weighted by Crippen LogP contribution is -2.45. The maximum Gasteiger partial charge on any atom is 0.243 e. The van der Waals surface area contributed by atoms with Crippen LogP contribution in [0.1, 0.15) is 31.7 Å². The number of nitrogens with one attached hydrogen (secondary N) is 2. The molecule has 28 heavy (non-hydrogen) atoms. The molecule has 0 aliphatic carbocycles. The molecule has 6 nitrogen and oxygen atoms in total. The number of rotatable bonds is 9. The minimum atomic E-state index is 0. The predicted octanol–water partition coefficient (Wildman–Crippen LogP) is 2.34. The van der Waals surface area contributed by atoms with Crippen LogP contribution >= 0.6 is 24.0 Å². The predicted molar refractivity (Wildman–Crippen MR) is 127 cm³/mol. The highest BCUT2D eigenvalue weighted by atomic mass is 127. The molecule has 1 unspecified atom stereocenters. The van der Waals surface area contributed by atoms with E-state index in [1.807, 2.05) is 6.07 Å². The van der Waals surface area contributed by atoms with Gasteiger partial charge in [0.1, 0.15) is 6.54 Å². The summed E-state index contributed by atoms with van der Waals surface area (Å²) in [7, 11) is 3.52. The second-order valence-corrected chi connectivity index (χ2v) is 7.27. The number of benzene rings is 1. The number of nitrogens with zero attached hydrogens (tertiary/aromatic N) is 3. The van der Waals surface area contributed by atoms with Gasteiger partial charge in [-0.1, -0.05) is 37.3 Å². The largest absolute Gasteiger partial charge is 0.356 e. The molecule has 0 aromatic heterocycles. The average Bonchev–Trinajstić information content (AvgIpc) is 3.14. The van der Waals surface area contributed by atoms with Crippen LogP contribution in [0, 0.1) is 0 Å². The molecule has 0 radical (unpaired) electrons. The Balaban J connectivity index is 0.00000392. The number of carbonyl (C=O) groups excluding carboxylic acids is 1. The minimum absolute atomic E-state index is 0. The Morgan fingerprint density at radius 3 is 2.68 bits per heavy atom. The standard InChI is InChI=1S/C21H35N5O.HI/c1-4-26-15-9-13-19(26)16-23-21(24-17-20(27)25(2)3)22-14-8-12-18-10-6-5-7-11-18;/h5-7,10-11,19H,4,8-9,12-17H2,1-3H3,(H2,22,23,24);1H. The van der Waals surface area contributed by atoms with Crippen molar-refractivity contribution in [2.75, 3.05) is 46.8 Å². The lowest BCUT2D eigenvalue weighted by Gasteiger charge is -2.24. The Bertz CT molecular complexity index is 594. The summed E-state index contributed by atoms with van der Waals surface area (Å²) >= 11 is 0. The van der Waals surface area contributed by atoms with Gasteiger partial charge in [-0.3, -0.25) is 9.69 Å². The van der Waals surface area contributed by atoms with E-state index < -0.39 is 0 Å². The highest BCUT2D eigenvalue weighted by Crippen LogP contribution is 2.15. The fourth-order valence-electron chi connectivity index (χ4n) is 3.36. The molecular formula is C21H36IN5O. The number of amides is 1. The van der Waals surface area contributed by atoms with E-state index in [9.17, 15) is 4.79 Å². The lowest BCUT2D eigenvalue weighted by molar-refractivity contribution is -0.127. The average molecular weight is 501 g/mol. The Hall–Kier alpha value is -1.35. The van der Waals surface area contributed by atoms with E-state index in [0.29, 0.717) is 6.04 Å². The SMILES string of the molecule is CCN1CCCC1CNC(=NCC(=O)N(C)C)NCCCc1ccccc1.I. The zero-order valence-electron chi connectivity index (χ0n) is 17.5. The van der Waals surface area contributed by atoms with Gasteiger partial charge in [-0.05, 0) is 44.3 Å². The summed E-state index contributed by atoms with van der Waals surface area (Å²) in [4.78, 5) is 20.4. The van der Waals surface area contributed by atoms with Crippen LogP contribution < -0.4 is 10.6 Å². The molecule has 0 saturated carbocycles. The molecule has 0 spiro atoms. The van der Waals surface area contributed by atoms with Crippen molar-refractivity contribution in [2.24, 2.45) is 4.99 Å². The zero-order chi connectivity index (χ0) is 19.5. The molecule has 7 heteroatoms. The molecule has 2 rings (SSSR count). The first kappa shape index (κ1) is 24.7. The molecule has 1 aliphatic rings. The fraction of sp³-hybridized carbons (Fsp3) is 0.619.